The van der Waals surface area contributed by atoms with Crippen molar-refractivity contribution in [3.05, 3.63) is 36.0 Å². The lowest BCUT2D eigenvalue weighted by Gasteiger charge is -2.23. The summed E-state index contributed by atoms with van der Waals surface area (Å²) in [4.78, 5) is 4.50. The van der Waals surface area contributed by atoms with Crippen molar-refractivity contribution in [2.45, 2.75) is 45.1 Å². The van der Waals surface area contributed by atoms with Gasteiger partial charge in [0.1, 0.15) is 0 Å². The van der Waals surface area contributed by atoms with Crippen molar-refractivity contribution in [3.63, 3.8) is 0 Å². The smallest absolute Gasteiger partial charge is 0.244 e. The van der Waals surface area contributed by atoms with Gasteiger partial charge in [-0.05, 0) is 29.9 Å². The van der Waals surface area contributed by atoms with E-state index in [1.807, 2.05) is 6.07 Å². The second-order valence-electron chi connectivity index (χ2n) is 7.10. The maximum atomic E-state index is 5.60. The number of rotatable bonds is 5. The number of hydrogen-bond donors (Lipinski definition) is 2. The van der Waals surface area contributed by atoms with Gasteiger partial charge < -0.3 is 15.4 Å². The van der Waals surface area contributed by atoms with Gasteiger partial charge in [-0.2, -0.15) is 10.1 Å². The average molecular weight is 327 g/mol. The number of anilines is 3. The number of para-hydroxylation sites is 1. The van der Waals surface area contributed by atoms with Gasteiger partial charge in [-0.25, -0.2) is 0 Å². The monoisotopic (exact) mass is 327 g/mol. The largest absolute Gasteiger partial charge is 0.376 e. The zero-order chi connectivity index (χ0) is 17.0. The van der Waals surface area contributed by atoms with Gasteiger partial charge in [0.2, 0.25) is 5.95 Å². The number of benzene rings is 1. The van der Waals surface area contributed by atoms with E-state index in [2.05, 4.69) is 64.8 Å². The molecule has 1 unspecified atom stereocenters. The molecule has 1 atom stereocenters. The Morgan fingerprint density at radius 3 is 2.83 bits per heavy atom. The molecule has 1 saturated heterocycles. The van der Waals surface area contributed by atoms with E-state index < -0.39 is 0 Å². The molecule has 6 heteroatoms. The molecule has 2 heterocycles. The van der Waals surface area contributed by atoms with Crippen molar-refractivity contribution in [1.82, 2.24) is 15.2 Å². The number of ether oxygens (including phenoxy) is 1. The Labute approximate surface area is 143 Å². The van der Waals surface area contributed by atoms with Crippen LogP contribution >= 0.6 is 0 Å². The van der Waals surface area contributed by atoms with E-state index in [-0.39, 0.29) is 11.5 Å². The van der Waals surface area contributed by atoms with Crippen molar-refractivity contribution in [2.75, 3.05) is 23.8 Å². The summed E-state index contributed by atoms with van der Waals surface area (Å²) in [5.74, 6) is 1.19. The summed E-state index contributed by atoms with van der Waals surface area (Å²) in [5, 5.41) is 14.7. The van der Waals surface area contributed by atoms with E-state index in [1.54, 1.807) is 6.20 Å². The van der Waals surface area contributed by atoms with E-state index in [4.69, 9.17) is 4.74 Å². The Hall–Kier alpha value is -2.21. The third-order valence-electron chi connectivity index (χ3n) is 4.07. The summed E-state index contributed by atoms with van der Waals surface area (Å²) in [6.07, 6.45) is 4.08. The van der Waals surface area contributed by atoms with E-state index in [0.717, 1.165) is 25.1 Å². The Balaban J connectivity index is 1.71. The molecule has 6 nitrogen and oxygen atoms in total. The lowest BCUT2D eigenvalue weighted by molar-refractivity contribution is 0.120. The minimum atomic E-state index is 0.0466. The third kappa shape index (κ3) is 4.20. The number of nitrogens with zero attached hydrogens (tertiary/aromatic N) is 3. The molecule has 1 aromatic carbocycles. The molecule has 1 aliphatic heterocycles. The fourth-order valence-corrected chi connectivity index (χ4v) is 2.83. The van der Waals surface area contributed by atoms with Gasteiger partial charge in [-0.1, -0.05) is 39.0 Å². The van der Waals surface area contributed by atoms with E-state index in [9.17, 15) is 0 Å². The maximum Gasteiger partial charge on any atom is 0.244 e. The van der Waals surface area contributed by atoms with Crippen LogP contribution in [0.4, 0.5) is 17.5 Å². The third-order valence-corrected chi connectivity index (χ3v) is 4.07. The second-order valence-corrected chi connectivity index (χ2v) is 7.10. The molecule has 0 bridgehead atoms. The summed E-state index contributed by atoms with van der Waals surface area (Å²) < 4.78 is 5.60. The van der Waals surface area contributed by atoms with Crippen LogP contribution in [0.5, 0.6) is 0 Å². The normalized spacial score (nSPS) is 17.7. The molecule has 1 aromatic heterocycles. The van der Waals surface area contributed by atoms with Crippen molar-refractivity contribution >= 4 is 17.5 Å². The van der Waals surface area contributed by atoms with E-state index >= 15 is 0 Å². The number of nitrogens with one attached hydrogen (secondary N) is 2. The van der Waals surface area contributed by atoms with Gasteiger partial charge in [0.05, 0.1) is 12.3 Å². The highest BCUT2D eigenvalue weighted by Gasteiger charge is 2.18. The highest BCUT2D eigenvalue weighted by molar-refractivity contribution is 5.62. The quantitative estimate of drug-likeness (QED) is 0.876. The van der Waals surface area contributed by atoms with E-state index in [1.165, 1.54) is 5.56 Å². The first-order valence-corrected chi connectivity index (χ1v) is 8.44. The van der Waals surface area contributed by atoms with Gasteiger partial charge in [-0.3, -0.25) is 0 Å². The summed E-state index contributed by atoms with van der Waals surface area (Å²) in [5.41, 5.74) is 2.32. The molecule has 0 aliphatic carbocycles. The number of aromatic nitrogens is 3. The predicted octanol–water partition coefficient (Wildman–Crippen LogP) is 3.50. The van der Waals surface area contributed by atoms with Crippen LogP contribution in [0, 0.1) is 0 Å². The maximum absolute atomic E-state index is 5.60. The summed E-state index contributed by atoms with van der Waals surface area (Å²) >= 11 is 0. The molecule has 2 N–H and O–H groups in total. The van der Waals surface area contributed by atoms with Gasteiger partial charge in [0.15, 0.2) is 5.82 Å². The highest BCUT2D eigenvalue weighted by atomic mass is 16.5. The zero-order valence-corrected chi connectivity index (χ0v) is 14.5. The molecule has 128 valence electrons. The van der Waals surface area contributed by atoms with Gasteiger partial charge >= 0.3 is 0 Å². The van der Waals surface area contributed by atoms with E-state index in [0.29, 0.717) is 18.3 Å². The van der Waals surface area contributed by atoms with Crippen LogP contribution in [0.1, 0.15) is 39.2 Å². The highest BCUT2D eigenvalue weighted by Crippen LogP contribution is 2.30. The Kier molecular flexibility index (Phi) is 4.94. The topological polar surface area (TPSA) is 72.0 Å². The Bertz CT molecular complexity index is 677. The summed E-state index contributed by atoms with van der Waals surface area (Å²) in [6, 6.07) is 8.26. The minimum absolute atomic E-state index is 0.0466. The van der Waals surface area contributed by atoms with Crippen molar-refractivity contribution in [3.8, 4) is 0 Å². The molecule has 3 rings (SSSR count). The van der Waals surface area contributed by atoms with Gasteiger partial charge in [-0.15, -0.1) is 5.10 Å². The van der Waals surface area contributed by atoms with Gasteiger partial charge in [0, 0.05) is 18.8 Å². The first kappa shape index (κ1) is 16.6. The summed E-state index contributed by atoms with van der Waals surface area (Å²) in [6.45, 7) is 8.14. The first-order chi connectivity index (χ1) is 11.5. The average Bonchev–Trinajstić information content (AvgIpc) is 3.06. The SMILES string of the molecule is CC(C)(C)c1ccccc1Nc1cnnc(NCC2CCCO2)n1. The standard InChI is InChI=1S/C18H25N5O/c1-18(2,3)14-8-4-5-9-15(14)21-16-12-20-23-17(22-16)19-11-13-7-6-10-24-13/h4-5,8-9,12-13H,6-7,10-11H2,1-3H3,(H2,19,21,22,23). The first-order valence-electron chi connectivity index (χ1n) is 8.44. The molecular formula is C18H25N5O. The lowest BCUT2D eigenvalue weighted by atomic mass is 9.86. The molecule has 0 spiro atoms. The lowest BCUT2D eigenvalue weighted by Crippen LogP contribution is -2.20. The van der Waals surface area contributed by atoms with Crippen LogP contribution in [0.3, 0.4) is 0 Å². The molecule has 0 amide bonds. The molecule has 2 aromatic rings. The molecule has 1 fully saturated rings. The van der Waals surface area contributed by atoms with Crippen LogP contribution in [0.15, 0.2) is 30.5 Å². The van der Waals surface area contributed by atoms with Gasteiger partial charge in [0.25, 0.3) is 0 Å². The Morgan fingerprint density at radius 1 is 1.25 bits per heavy atom. The molecular weight excluding hydrogens is 302 g/mol. The Morgan fingerprint density at radius 2 is 2.08 bits per heavy atom. The number of hydrogen-bond acceptors (Lipinski definition) is 6. The zero-order valence-electron chi connectivity index (χ0n) is 14.5. The predicted molar refractivity (Wildman–Crippen MR) is 95.7 cm³/mol. The van der Waals surface area contributed by atoms with Crippen molar-refractivity contribution in [1.29, 1.82) is 0 Å². The van der Waals surface area contributed by atoms with Crippen molar-refractivity contribution < 1.29 is 4.74 Å². The van der Waals surface area contributed by atoms with Crippen LogP contribution in [0.2, 0.25) is 0 Å². The fourth-order valence-electron chi connectivity index (χ4n) is 2.83. The second kappa shape index (κ2) is 7.13. The molecule has 0 saturated carbocycles. The minimum Gasteiger partial charge on any atom is -0.376 e. The van der Waals surface area contributed by atoms with Crippen LogP contribution in [-0.4, -0.2) is 34.4 Å². The van der Waals surface area contributed by atoms with Crippen LogP contribution in [0.25, 0.3) is 0 Å². The molecule has 24 heavy (non-hydrogen) atoms. The van der Waals surface area contributed by atoms with Crippen molar-refractivity contribution in [2.24, 2.45) is 0 Å². The summed E-state index contributed by atoms with van der Waals surface area (Å²) in [7, 11) is 0. The van der Waals surface area contributed by atoms with Crippen LogP contribution < -0.4 is 10.6 Å². The molecule has 1 aliphatic rings. The fraction of sp³-hybridized carbons (Fsp3) is 0.500. The molecule has 0 radical (unpaired) electrons. The van der Waals surface area contributed by atoms with Crippen LogP contribution in [-0.2, 0) is 10.2 Å².